The fourth-order valence-corrected chi connectivity index (χ4v) is 3.96. The van der Waals surface area contributed by atoms with Crippen molar-refractivity contribution in [3.8, 4) is 0 Å². The molecule has 0 unspecified atom stereocenters. The zero-order valence-electron chi connectivity index (χ0n) is 12.5. The Morgan fingerprint density at radius 3 is 2.60 bits per heavy atom. The van der Waals surface area contributed by atoms with Crippen molar-refractivity contribution in [3.05, 3.63) is 24.3 Å². The van der Waals surface area contributed by atoms with E-state index in [2.05, 4.69) is 55.0 Å². The molecule has 3 nitrogen and oxygen atoms in total. The van der Waals surface area contributed by atoms with Gasteiger partial charge in [-0.2, -0.15) is 0 Å². The number of para-hydroxylation sites is 1. The Balaban J connectivity index is 1.71. The van der Waals surface area contributed by atoms with E-state index < -0.39 is 0 Å². The molecule has 3 rings (SSSR count). The summed E-state index contributed by atoms with van der Waals surface area (Å²) < 4.78 is 1.29. The van der Waals surface area contributed by atoms with Gasteiger partial charge >= 0.3 is 0 Å². The second-order valence-electron chi connectivity index (χ2n) is 5.94. The Morgan fingerprint density at radius 1 is 1.25 bits per heavy atom. The summed E-state index contributed by atoms with van der Waals surface area (Å²) in [5, 5.41) is 1.16. The van der Waals surface area contributed by atoms with Gasteiger partial charge in [-0.05, 0) is 38.8 Å². The number of thiazole rings is 1. The number of likely N-dealkylation sites (tertiary alicyclic amines) is 1. The third-order valence-electron chi connectivity index (χ3n) is 4.36. The van der Waals surface area contributed by atoms with Crippen LogP contribution >= 0.6 is 11.3 Å². The molecule has 2 heterocycles. The molecular formula is C16H23N3S. The Labute approximate surface area is 125 Å². The van der Waals surface area contributed by atoms with Gasteiger partial charge in [0.1, 0.15) is 0 Å². The average molecular weight is 289 g/mol. The van der Waals surface area contributed by atoms with Crippen LogP contribution in [0.4, 0.5) is 5.13 Å². The van der Waals surface area contributed by atoms with Crippen LogP contribution in [-0.2, 0) is 0 Å². The van der Waals surface area contributed by atoms with Crippen LogP contribution in [0.5, 0.6) is 0 Å². The lowest BCUT2D eigenvalue weighted by Gasteiger charge is -2.38. The minimum Gasteiger partial charge on any atom is -0.348 e. The van der Waals surface area contributed by atoms with Crippen molar-refractivity contribution in [2.75, 3.05) is 25.0 Å². The highest BCUT2D eigenvalue weighted by molar-refractivity contribution is 7.22. The second kappa shape index (κ2) is 5.70. The number of hydrogen-bond acceptors (Lipinski definition) is 4. The summed E-state index contributed by atoms with van der Waals surface area (Å²) in [5.41, 5.74) is 1.12. The maximum absolute atomic E-state index is 4.77. The molecule has 1 aliphatic heterocycles. The van der Waals surface area contributed by atoms with Gasteiger partial charge in [-0.25, -0.2) is 4.98 Å². The molecule has 0 bridgehead atoms. The zero-order chi connectivity index (χ0) is 14.1. The predicted octanol–water partition coefficient (Wildman–Crippen LogP) is 3.61. The molecule has 108 valence electrons. The fraction of sp³-hybridized carbons (Fsp3) is 0.562. The molecule has 2 aromatic rings. The average Bonchev–Trinajstić information content (AvgIpc) is 2.90. The first-order valence-corrected chi connectivity index (χ1v) is 8.29. The van der Waals surface area contributed by atoms with Crippen molar-refractivity contribution in [1.82, 2.24) is 9.88 Å². The lowest BCUT2D eigenvalue weighted by Crippen LogP contribution is -2.45. The summed E-state index contributed by atoms with van der Waals surface area (Å²) in [7, 11) is 2.20. The summed E-state index contributed by atoms with van der Waals surface area (Å²) in [6, 6.07) is 9.71. The van der Waals surface area contributed by atoms with Crippen molar-refractivity contribution in [3.63, 3.8) is 0 Å². The van der Waals surface area contributed by atoms with Crippen LogP contribution in [0.2, 0.25) is 0 Å². The number of aromatic nitrogens is 1. The van der Waals surface area contributed by atoms with E-state index in [0.717, 1.165) is 10.6 Å². The van der Waals surface area contributed by atoms with Crippen LogP contribution in [0.1, 0.15) is 26.7 Å². The minimum absolute atomic E-state index is 0.630. The van der Waals surface area contributed by atoms with Crippen LogP contribution < -0.4 is 4.90 Å². The third-order valence-corrected chi connectivity index (χ3v) is 5.49. The van der Waals surface area contributed by atoms with E-state index in [4.69, 9.17) is 4.98 Å². The SMILES string of the molecule is CC(C)N1CCC(N(C)c2nc3ccccc3s2)CC1. The number of rotatable bonds is 3. The first-order valence-electron chi connectivity index (χ1n) is 7.47. The number of fused-ring (bicyclic) bond motifs is 1. The molecule has 1 aromatic carbocycles. The summed E-state index contributed by atoms with van der Waals surface area (Å²) >= 11 is 1.81. The van der Waals surface area contributed by atoms with E-state index in [1.807, 2.05) is 11.3 Å². The summed E-state index contributed by atoms with van der Waals surface area (Å²) in [6.07, 6.45) is 2.48. The molecule has 0 spiro atoms. The molecule has 0 saturated carbocycles. The van der Waals surface area contributed by atoms with Crippen LogP contribution in [0.3, 0.4) is 0 Å². The van der Waals surface area contributed by atoms with Crippen molar-refractivity contribution in [2.24, 2.45) is 0 Å². The van der Waals surface area contributed by atoms with Crippen LogP contribution in [-0.4, -0.2) is 42.1 Å². The van der Waals surface area contributed by atoms with E-state index >= 15 is 0 Å². The molecule has 1 aliphatic rings. The van der Waals surface area contributed by atoms with Gasteiger partial charge in [0.25, 0.3) is 0 Å². The molecule has 1 fully saturated rings. The van der Waals surface area contributed by atoms with E-state index in [0.29, 0.717) is 12.1 Å². The highest BCUT2D eigenvalue weighted by Crippen LogP contribution is 2.31. The topological polar surface area (TPSA) is 19.4 Å². The Hall–Kier alpha value is -1.13. The lowest BCUT2D eigenvalue weighted by molar-refractivity contribution is 0.171. The monoisotopic (exact) mass is 289 g/mol. The summed E-state index contributed by atoms with van der Waals surface area (Å²) in [5.74, 6) is 0. The molecule has 0 atom stereocenters. The lowest BCUT2D eigenvalue weighted by atomic mass is 10.0. The number of nitrogens with zero attached hydrogens (tertiary/aromatic N) is 3. The van der Waals surface area contributed by atoms with Crippen molar-refractivity contribution in [2.45, 2.75) is 38.8 Å². The molecule has 0 N–H and O–H groups in total. The first kappa shape index (κ1) is 13.8. The van der Waals surface area contributed by atoms with Gasteiger partial charge in [0, 0.05) is 32.2 Å². The van der Waals surface area contributed by atoms with Crippen molar-refractivity contribution >= 4 is 26.7 Å². The minimum atomic E-state index is 0.630. The summed E-state index contributed by atoms with van der Waals surface area (Å²) in [6.45, 7) is 6.99. The number of anilines is 1. The molecule has 20 heavy (non-hydrogen) atoms. The van der Waals surface area contributed by atoms with E-state index in [1.54, 1.807) is 0 Å². The van der Waals surface area contributed by atoms with Gasteiger partial charge in [0.05, 0.1) is 10.2 Å². The molecule has 0 radical (unpaired) electrons. The second-order valence-corrected chi connectivity index (χ2v) is 6.95. The van der Waals surface area contributed by atoms with Gasteiger partial charge in [-0.1, -0.05) is 23.5 Å². The van der Waals surface area contributed by atoms with Crippen molar-refractivity contribution < 1.29 is 0 Å². The highest BCUT2D eigenvalue weighted by atomic mass is 32.1. The molecule has 4 heteroatoms. The number of piperidine rings is 1. The van der Waals surface area contributed by atoms with Gasteiger partial charge in [0.2, 0.25) is 0 Å². The highest BCUT2D eigenvalue weighted by Gasteiger charge is 2.25. The van der Waals surface area contributed by atoms with Gasteiger partial charge in [-0.3, -0.25) is 0 Å². The zero-order valence-corrected chi connectivity index (χ0v) is 13.4. The fourth-order valence-electron chi connectivity index (χ4n) is 2.96. The number of benzene rings is 1. The van der Waals surface area contributed by atoms with Crippen LogP contribution in [0.25, 0.3) is 10.2 Å². The largest absolute Gasteiger partial charge is 0.348 e. The quantitative estimate of drug-likeness (QED) is 0.860. The summed E-state index contributed by atoms with van der Waals surface area (Å²) in [4.78, 5) is 9.74. The van der Waals surface area contributed by atoms with Gasteiger partial charge < -0.3 is 9.80 Å². The molecule has 1 saturated heterocycles. The predicted molar refractivity (Wildman–Crippen MR) is 87.8 cm³/mol. The van der Waals surface area contributed by atoms with Gasteiger partial charge in [0.15, 0.2) is 5.13 Å². The van der Waals surface area contributed by atoms with Gasteiger partial charge in [-0.15, -0.1) is 0 Å². The molecule has 1 aromatic heterocycles. The smallest absolute Gasteiger partial charge is 0.186 e. The first-order chi connectivity index (χ1) is 9.65. The third kappa shape index (κ3) is 2.67. The molecule has 0 aliphatic carbocycles. The molecular weight excluding hydrogens is 266 g/mol. The number of hydrogen-bond donors (Lipinski definition) is 0. The van der Waals surface area contributed by atoms with Crippen molar-refractivity contribution in [1.29, 1.82) is 0 Å². The van der Waals surface area contributed by atoms with E-state index in [-0.39, 0.29) is 0 Å². The Kier molecular flexibility index (Phi) is 3.94. The van der Waals surface area contributed by atoms with E-state index in [1.165, 1.54) is 30.6 Å². The standard InChI is InChI=1S/C16H23N3S/c1-12(2)19-10-8-13(9-11-19)18(3)16-17-14-6-4-5-7-15(14)20-16/h4-7,12-13H,8-11H2,1-3H3. The maximum Gasteiger partial charge on any atom is 0.186 e. The van der Waals surface area contributed by atoms with Crippen LogP contribution in [0.15, 0.2) is 24.3 Å². The Bertz CT molecular complexity index is 537. The normalized spacial score (nSPS) is 18.0. The molecule has 0 amide bonds. The Morgan fingerprint density at radius 2 is 1.95 bits per heavy atom. The maximum atomic E-state index is 4.77. The van der Waals surface area contributed by atoms with Crippen LogP contribution in [0, 0.1) is 0 Å². The van der Waals surface area contributed by atoms with E-state index in [9.17, 15) is 0 Å².